The molecule has 1 amide bonds. The Kier molecular flexibility index (Phi) is 7.25. The molecule has 0 unspecified atom stereocenters. The minimum Gasteiger partial charge on any atom is -0.495 e. The van der Waals surface area contributed by atoms with Crippen molar-refractivity contribution in [3.05, 3.63) is 82.1 Å². The molecule has 1 aromatic heterocycles. The normalized spacial score (nSPS) is 16.3. The number of halogens is 2. The molecule has 0 spiro atoms. The molecule has 0 radical (unpaired) electrons. The van der Waals surface area contributed by atoms with E-state index in [2.05, 4.69) is 21.2 Å². The van der Waals surface area contributed by atoms with Gasteiger partial charge in [0.15, 0.2) is 0 Å². The number of amides is 1. The van der Waals surface area contributed by atoms with Crippen molar-refractivity contribution < 1.29 is 18.3 Å². The molecule has 2 atom stereocenters. The van der Waals surface area contributed by atoms with Gasteiger partial charge in [-0.25, -0.2) is 8.78 Å². The number of thiophene rings is 1. The lowest BCUT2D eigenvalue weighted by Crippen LogP contribution is -2.52. The molecule has 1 aliphatic heterocycles. The molecule has 5 nitrogen and oxygen atoms in total. The number of rotatable bonds is 7. The van der Waals surface area contributed by atoms with Crippen LogP contribution in [0.15, 0.2) is 60.0 Å². The van der Waals surface area contributed by atoms with Gasteiger partial charge in [-0.1, -0.05) is 24.3 Å². The minimum absolute atomic E-state index is 0.108. The minimum atomic E-state index is -0.863. The van der Waals surface area contributed by atoms with Crippen LogP contribution in [0.5, 0.6) is 5.75 Å². The summed E-state index contributed by atoms with van der Waals surface area (Å²) in [7, 11) is 1.67. The second kappa shape index (κ2) is 10.3. The second-order valence-corrected chi connectivity index (χ2v) is 8.99. The third-order valence-electron chi connectivity index (χ3n) is 5.99. The van der Waals surface area contributed by atoms with E-state index in [0.29, 0.717) is 0 Å². The van der Waals surface area contributed by atoms with Gasteiger partial charge in [-0.3, -0.25) is 9.69 Å². The quantitative estimate of drug-likeness (QED) is 0.542. The van der Waals surface area contributed by atoms with Crippen molar-refractivity contribution in [1.82, 2.24) is 10.2 Å². The maximum absolute atomic E-state index is 14.1. The third kappa shape index (κ3) is 5.02. The largest absolute Gasteiger partial charge is 0.495 e. The number of hydrogen-bond acceptors (Lipinski definition) is 5. The van der Waals surface area contributed by atoms with Crippen molar-refractivity contribution in [3.8, 4) is 5.75 Å². The number of para-hydroxylation sites is 2. The van der Waals surface area contributed by atoms with Gasteiger partial charge < -0.3 is 15.0 Å². The fourth-order valence-electron chi connectivity index (χ4n) is 4.41. The first-order valence-electron chi connectivity index (χ1n) is 10.9. The van der Waals surface area contributed by atoms with Gasteiger partial charge in [0.1, 0.15) is 22.9 Å². The van der Waals surface area contributed by atoms with Crippen LogP contribution < -0.4 is 15.0 Å². The molecular formula is C25H27F2N3O2S. The first-order valence-corrected chi connectivity index (χ1v) is 11.8. The Labute approximate surface area is 196 Å². The SMILES string of the molecule is COc1ccccc1N1CCN([C@@H](c2cccs2)[C@H](C)NC(=O)c2c(F)cccc2F)CC1. The van der Waals surface area contributed by atoms with Crippen LogP contribution >= 0.6 is 11.3 Å². The molecule has 1 saturated heterocycles. The highest BCUT2D eigenvalue weighted by Crippen LogP contribution is 2.33. The van der Waals surface area contributed by atoms with Crippen molar-refractivity contribution in [2.24, 2.45) is 0 Å². The van der Waals surface area contributed by atoms with Crippen molar-refractivity contribution in [1.29, 1.82) is 0 Å². The highest BCUT2D eigenvalue weighted by atomic mass is 32.1. The number of carbonyl (C=O) groups is 1. The van der Waals surface area contributed by atoms with E-state index in [0.717, 1.165) is 54.6 Å². The van der Waals surface area contributed by atoms with Gasteiger partial charge in [-0.05, 0) is 42.6 Å². The van der Waals surface area contributed by atoms with E-state index in [-0.39, 0.29) is 12.1 Å². The van der Waals surface area contributed by atoms with Crippen LogP contribution in [0.25, 0.3) is 0 Å². The third-order valence-corrected chi connectivity index (χ3v) is 6.93. The van der Waals surface area contributed by atoms with Gasteiger partial charge in [0.25, 0.3) is 5.91 Å². The van der Waals surface area contributed by atoms with Crippen molar-refractivity contribution >= 4 is 22.9 Å². The maximum Gasteiger partial charge on any atom is 0.257 e. The Hall–Kier alpha value is -2.97. The maximum atomic E-state index is 14.1. The summed E-state index contributed by atoms with van der Waals surface area (Å²) < 4.78 is 33.8. The average molecular weight is 472 g/mol. The zero-order valence-electron chi connectivity index (χ0n) is 18.6. The lowest BCUT2D eigenvalue weighted by Gasteiger charge is -2.42. The monoisotopic (exact) mass is 471 g/mol. The summed E-state index contributed by atoms with van der Waals surface area (Å²) in [6, 6.07) is 14.9. The summed E-state index contributed by atoms with van der Waals surface area (Å²) in [5.74, 6) is -1.63. The molecule has 4 rings (SSSR count). The molecule has 33 heavy (non-hydrogen) atoms. The summed E-state index contributed by atoms with van der Waals surface area (Å²) in [4.78, 5) is 18.4. The van der Waals surface area contributed by atoms with Crippen LogP contribution in [0, 0.1) is 11.6 Å². The molecule has 8 heteroatoms. The van der Waals surface area contributed by atoms with Gasteiger partial charge in [0.2, 0.25) is 0 Å². The molecule has 3 aromatic rings. The van der Waals surface area contributed by atoms with E-state index in [1.165, 1.54) is 6.07 Å². The van der Waals surface area contributed by atoms with E-state index in [1.54, 1.807) is 18.4 Å². The number of hydrogen-bond donors (Lipinski definition) is 1. The Morgan fingerprint density at radius 3 is 2.33 bits per heavy atom. The Morgan fingerprint density at radius 1 is 1.00 bits per heavy atom. The smallest absolute Gasteiger partial charge is 0.257 e. The molecule has 0 saturated carbocycles. The van der Waals surface area contributed by atoms with Crippen LogP contribution in [0.3, 0.4) is 0 Å². The van der Waals surface area contributed by atoms with Gasteiger partial charge in [-0.2, -0.15) is 0 Å². The van der Waals surface area contributed by atoms with Gasteiger partial charge in [-0.15, -0.1) is 11.3 Å². The van der Waals surface area contributed by atoms with Gasteiger partial charge in [0.05, 0.1) is 18.8 Å². The molecule has 174 valence electrons. The Morgan fingerprint density at radius 2 is 1.70 bits per heavy atom. The number of anilines is 1. The number of benzene rings is 2. The zero-order chi connectivity index (χ0) is 23.4. The van der Waals surface area contributed by atoms with Crippen LogP contribution in [0.2, 0.25) is 0 Å². The Balaban J connectivity index is 1.50. The first kappa shape index (κ1) is 23.2. The number of carbonyl (C=O) groups excluding carboxylic acids is 1. The number of ether oxygens (including phenoxy) is 1. The number of piperazine rings is 1. The van der Waals surface area contributed by atoms with Crippen molar-refractivity contribution in [2.75, 3.05) is 38.2 Å². The number of methoxy groups -OCH3 is 1. The molecule has 1 N–H and O–H groups in total. The van der Waals surface area contributed by atoms with Crippen LogP contribution in [-0.2, 0) is 0 Å². The van der Waals surface area contributed by atoms with Crippen LogP contribution in [0.4, 0.5) is 14.5 Å². The van der Waals surface area contributed by atoms with Crippen LogP contribution in [0.1, 0.15) is 28.2 Å². The Bertz CT molecular complexity index is 1060. The van der Waals surface area contributed by atoms with Crippen molar-refractivity contribution in [2.45, 2.75) is 19.0 Å². The summed E-state index contributed by atoms with van der Waals surface area (Å²) in [5, 5.41) is 4.84. The number of nitrogens with one attached hydrogen (secondary N) is 1. The predicted molar refractivity (Wildman–Crippen MR) is 127 cm³/mol. The molecule has 1 fully saturated rings. The van der Waals surface area contributed by atoms with E-state index < -0.39 is 23.1 Å². The van der Waals surface area contributed by atoms with E-state index in [9.17, 15) is 13.6 Å². The molecular weight excluding hydrogens is 444 g/mol. The van der Waals surface area contributed by atoms with Crippen molar-refractivity contribution in [3.63, 3.8) is 0 Å². The topological polar surface area (TPSA) is 44.8 Å². The predicted octanol–water partition coefficient (Wildman–Crippen LogP) is 4.72. The standard InChI is InChI=1S/C25H27F2N3O2S/c1-17(28-25(31)23-18(26)7-5-8-19(23)27)24(22-11-6-16-33-22)30-14-12-29(13-15-30)20-9-3-4-10-21(20)32-2/h3-11,16-17,24H,12-15H2,1-2H3,(H,28,31)/t17-,24+/m0/s1. The highest BCUT2D eigenvalue weighted by Gasteiger charge is 2.32. The van der Waals surface area contributed by atoms with Gasteiger partial charge in [0, 0.05) is 37.1 Å². The zero-order valence-corrected chi connectivity index (χ0v) is 19.4. The molecule has 1 aliphatic rings. The van der Waals surface area contributed by atoms with E-state index in [4.69, 9.17) is 4.74 Å². The van der Waals surface area contributed by atoms with Crippen LogP contribution in [-0.4, -0.2) is 50.1 Å². The molecule has 2 aromatic carbocycles. The fraction of sp³-hybridized carbons (Fsp3) is 0.320. The van der Waals surface area contributed by atoms with E-state index in [1.807, 2.05) is 42.6 Å². The second-order valence-electron chi connectivity index (χ2n) is 8.01. The van der Waals surface area contributed by atoms with Gasteiger partial charge >= 0.3 is 0 Å². The molecule has 2 heterocycles. The molecule has 0 aliphatic carbocycles. The van der Waals surface area contributed by atoms with E-state index >= 15 is 0 Å². The summed E-state index contributed by atoms with van der Waals surface area (Å²) in [6.45, 7) is 5.02. The highest BCUT2D eigenvalue weighted by molar-refractivity contribution is 7.10. The molecule has 0 bridgehead atoms. The summed E-state index contributed by atoms with van der Waals surface area (Å²) in [6.07, 6.45) is 0. The summed E-state index contributed by atoms with van der Waals surface area (Å²) in [5.41, 5.74) is 0.513. The summed E-state index contributed by atoms with van der Waals surface area (Å²) >= 11 is 1.61. The number of nitrogens with zero attached hydrogens (tertiary/aromatic N) is 2. The fourth-order valence-corrected chi connectivity index (χ4v) is 5.37. The lowest BCUT2D eigenvalue weighted by molar-refractivity contribution is 0.0882. The lowest BCUT2D eigenvalue weighted by atomic mass is 10.0. The average Bonchev–Trinajstić information content (AvgIpc) is 3.34. The first-order chi connectivity index (χ1) is 16.0.